The fourth-order valence-corrected chi connectivity index (χ4v) is 4.93. The van der Waals surface area contributed by atoms with Gasteiger partial charge in [-0.15, -0.1) is 0 Å². The van der Waals surface area contributed by atoms with Crippen molar-refractivity contribution in [3.63, 3.8) is 0 Å². The first kappa shape index (κ1) is 20.6. The van der Waals surface area contributed by atoms with Crippen molar-refractivity contribution in [2.24, 2.45) is 17.3 Å². The van der Waals surface area contributed by atoms with Crippen LogP contribution in [0.15, 0.2) is 54.6 Å². The lowest BCUT2D eigenvalue weighted by atomic mass is 9.71. The van der Waals surface area contributed by atoms with Crippen LogP contribution in [0.2, 0.25) is 0 Å². The van der Waals surface area contributed by atoms with Gasteiger partial charge in [0.2, 0.25) is 11.8 Å². The monoisotopic (exact) mass is 404 g/mol. The van der Waals surface area contributed by atoms with E-state index in [1.54, 1.807) is 4.90 Å². The van der Waals surface area contributed by atoms with Gasteiger partial charge in [0.25, 0.3) is 0 Å². The van der Waals surface area contributed by atoms with Gasteiger partial charge in [-0.2, -0.15) is 0 Å². The second-order valence-corrected chi connectivity index (χ2v) is 9.32. The van der Waals surface area contributed by atoms with Crippen LogP contribution in [0.3, 0.4) is 0 Å². The van der Waals surface area contributed by atoms with Gasteiger partial charge < -0.3 is 9.80 Å². The first-order valence-corrected chi connectivity index (χ1v) is 11.1. The fraction of sp³-hybridized carbons (Fsp3) is 0.462. The van der Waals surface area contributed by atoms with Crippen LogP contribution in [0.25, 0.3) is 11.1 Å². The van der Waals surface area contributed by atoms with Crippen LogP contribution in [0.4, 0.5) is 0 Å². The Bertz CT molecular complexity index is 914. The van der Waals surface area contributed by atoms with Crippen molar-refractivity contribution in [1.82, 2.24) is 9.80 Å². The predicted molar refractivity (Wildman–Crippen MR) is 120 cm³/mol. The molecule has 4 rings (SSSR count). The fourth-order valence-electron chi connectivity index (χ4n) is 4.93. The highest BCUT2D eigenvalue weighted by Gasteiger charge is 2.47. The molecule has 2 fully saturated rings. The Labute approximate surface area is 179 Å². The zero-order chi connectivity index (χ0) is 21.3. The Hall–Kier alpha value is -2.62. The minimum Gasteiger partial charge on any atom is -0.348 e. The highest BCUT2D eigenvalue weighted by Crippen LogP contribution is 2.43. The molecule has 0 spiro atoms. The third-order valence-electron chi connectivity index (χ3n) is 6.95. The Morgan fingerprint density at radius 3 is 2.20 bits per heavy atom. The highest BCUT2D eigenvalue weighted by molar-refractivity contribution is 5.85. The first-order valence-electron chi connectivity index (χ1n) is 11.1. The molecular formula is C26H32N2O2. The van der Waals surface area contributed by atoms with Crippen LogP contribution < -0.4 is 0 Å². The maximum atomic E-state index is 13.4. The van der Waals surface area contributed by atoms with Gasteiger partial charge in [-0.05, 0) is 48.3 Å². The van der Waals surface area contributed by atoms with Crippen molar-refractivity contribution in [2.45, 2.75) is 32.6 Å². The number of carbonyl (C=O) groups excluding carboxylic acids is 2. The lowest BCUT2D eigenvalue weighted by Gasteiger charge is -2.42. The molecule has 2 aromatic carbocycles. The molecule has 1 aliphatic heterocycles. The topological polar surface area (TPSA) is 40.6 Å². The van der Waals surface area contributed by atoms with Gasteiger partial charge in [0.05, 0.1) is 5.41 Å². The number of hydrogen-bond acceptors (Lipinski definition) is 2. The van der Waals surface area contributed by atoms with Gasteiger partial charge >= 0.3 is 0 Å². The number of rotatable bonds is 5. The maximum Gasteiger partial charge on any atom is 0.228 e. The van der Waals surface area contributed by atoms with E-state index in [-0.39, 0.29) is 17.7 Å². The van der Waals surface area contributed by atoms with Crippen LogP contribution >= 0.6 is 0 Å². The molecule has 2 atom stereocenters. The molecule has 2 aromatic rings. The lowest BCUT2D eigenvalue weighted by Crippen LogP contribution is -2.51. The van der Waals surface area contributed by atoms with E-state index in [2.05, 4.69) is 55.5 Å². The summed E-state index contributed by atoms with van der Waals surface area (Å²) in [5, 5.41) is 0. The van der Waals surface area contributed by atoms with Crippen LogP contribution in [0.5, 0.6) is 0 Å². The summed E-state index contributed by atoms with van der Waals surface area (Å²) in [6.07, 6.45) is 3.17. The van der Waals surface area contributed by atoms with E-state index in [0.29, 0.717) is 25.4 Å². The van der Waals surface area contributed by atoms with Crippen molar-refractivity contribution in [2.75, 3.05) is 27.2 Å². The second-order valence-electron chi connectivity index (χ2n) is 9.32. The van der Waals surface area contributed by atoms with Gasteiger partial charge in [0, 0.05) is 33.1 Å². The zero-order valence-corrected chi connectivity index (χ0v) is 18.3. The molecule has 1 saturated heterocycles. The molecule has 2 amide bonds. The Morgan fingerprint density at radius 2 is 1.60 bits per heavy atom. The largest absolute Gasteiger partial charge is 0.348 e. The summed E-state index contributed by atoms with van der Waals surface area (Å²) >= 11 is 0. The van der Waals surface area contributed by atoms with Gasteiger partial charge in [-0.1, -0.05) is 61.5 Å². The van der Waals surface area contributed by atoms with E-state index in [1.807, 2.05) is 25.1 Å². The Balaban J connectivity index is 1.59. The van der Waals surface area contributed by atoms with Crippen molar-refractivity contribution < 1.29 is 9.59 Å². The van der Waals surface area contributed by atoms with Crippen LogP contribution in [-0.2, 0) is 16.0 Å². The maximum absolute atomic E-state index is 13.4. The number of hydrogen-bond donors (Lipinski definition) is 0. The van der Waals surface area contributed by atoms with Crippen LogP contribution in [0.1, 0.15) is 31.7 Å². The standard InChI is InChI=1S/C26H32N2O2/c1-19-17-23(19)24(29)28-15-13-26(14-16-28,25(30)27(2)3)18-21-11-7-8-12-22(21)20-9-5-4-6-10-20/h4-12,19,23H,13-18H2,1-3H3/t19-,23+/m1/s1. The Kier molecular flexibility index (Phi) is 5.68. The number of carbonyl (C=O) groups is 2. The van der Waals surface area contributed by atoms with Gasteiger partial charge in [0.15, 0.2) is 0 Å². The number of piperidine rings is 1. The van der Waals surface area contributed by atoms with Crippen LogP contribution in [0, 0.1) is 17.3 Å². The molecule has 2 aliphatic rings. The molecule has 0 aromatic heterocycles. The van der Waals surface area contributed by atoms with Gasteiger partial charge in [0.1, 0.15) is 0 Å². The molecule has 158 valence electrons. The minimum atomic E-state index is -0.458. The van der Waals surface area contributed by atoms with Crippen molar-refractivity contribution in [3.05, 3.63) is 60.2 Å². The van der Waals surface area contributed by atoms with Gasteiger partial charge in [-0.3, -0.25) is 9.59 Å². The van der Waals surface area contributed by atoms with E-state index in [0.717, 1.165) is 19.3 Å². The average molecular weight is 405 g/mol. The van der Waals surface area contributed by atoms with E-state index < -0.39 is 5.41 Å². The SMILES string of the molecule is C[C@@H]1C[C@@H]1C(=O)N1CCC(Cc2ccccc2-c2ccccc2)(C(=O)N(C)C)CC1. The third kappa shape index (κ3) is 4.00. The second kappa shape index (κ2) is 8.25. The molecule has 1 heterocycles. The van der Waals surface area contributed by atoms with Gasteiger partial charge in [-0.25, -0.2) is 0 Å². The van der Waals surface area contributed by atoms with Crippen LogP contribution in [-0.4, -0.2) is 48.8 Å². The number of amides is 2. The number of benzene rings is 2. The summed E-state index contributed by atoms with van der Waals surface area (Å²) in [5.74, 6) is 1.20. The van der Waals surface area contributed by atoms with E-state index in [4.69, 9.17) is 0 Å². The van der Waals surface area contributed by atoms with E-state index in [9.17, 15) is 9.59 Å². The smallest absolute Gasteiger partial charge is 0.228 e. The zero-order valence-electron chi connectivity index (χ0n) is 18.3. The van der Waals surface area contributed by atoms with Crippen molar-refractivity contribution >= 4 is 11.8 Å². The highest BCUT2D eigenvalue weighted by atomic mass is 16.2. The molecule has 1 saturated carbocycles. The molecule has 4 heteroatoms. The first-order chi connectivity index (χ1) is 14.4. The van der Waals surface area contributed by atoms with E-state index in [1.165, 1.54) is 16.7 Å². The number of likely N-dealkylation sites (tertiary alicyclic amines) is 1. The molecule has 0 N–H and O–H groups in total. The molecule has 1 aliphatic carbocycles. The summed E-state index contributed by atoms with van der Waals surface area (Å²) in [7, 11) is 3.69. The van der Waals surface area contributed by atoms with E-state index >= 15 is 0 Å². The molecule has 0 unspecified atom stereocenters. The summed E-state index contributed by atoms with van der Waals surface area (Å²) in [6.45, 7) is 3.50. The lowest BCUT2D eigenvalue weighted by molar-refractivity contribution is -0.146. The molecular weight excluding hydrogens is 372 g/mol. The van der Waals surface area contributed by atoms with Crippen molar-refractivity contribution in [3.8, 4) is 11.1 Å². The predicted octanol–water partition coefficient (Wildman–Crippen LogP) is 4.25. The third-order valence-corrected chi connectivity index (χ3v) is 6.95. The molecule has 4 nitrogen and oxygen atoms in total. The summed E-state index contributed by atoms with van der Waals surface area (Å²) < 4.78 is 0. The summed E-state index contributed by atoms with van der Waals surface area (Å²) in [6, 6.07) is 18.8. The Morgan fingerprint density at radius 1 is 1.00 bits per heavy atom. The number of nitrogens with zero attached hydrogens (tertiary/aromatic N) is 2. The minimum absolute atomic E-state index is 0.178. The molecule has 30 heavy (non-hydrogen) atoms. The molecule has 0 bridgehead atoms. The summed E-state index contributed by atoms with van der Waals surface area (Å²) in [5.41, 5.74) is 3.11. The normalized spacial score (nSPS) is 22.4. The quantitative estimate of drug-likeness (QED) is 0.748. The molecule has 0 radical (unpaired) electrons. The van der Waals surface area contributed by atoms with Crippen molar-refractivity contribution in [1.29, 1.82) is 0 Å². The average Bonchev–Trinajstić information content (AvgIpc) is 3.50. The summed E-state index contributed by atoms with van der Waals surface area (Å²) in [4.78, 5) is 29.8.